The number of rotatable bonds is 6. The lowest BCUT2D eigenvalue weighted by molar-refractivity contribution is 0.572. The van der Waals surface area contributed by atoms with Gasteiger partial charge in [-0.15, -0.1) is 0 Å². The van der Waals surface area contributed by atoms with Gasteiger partial charge in [0.15, 0.2) is 0 Å². The average Bonchev–Trinajstić information content (AvgIpc) is 2.61. The summed E-state index contributed by atoms with van der Waals surface area (Å²) in [7, 11) is -2.56. The predicted molar refractivity (Wildman–Crippen MR) is 113 cm³/mol. The Hall–Kier alpha value is -1.24. The van der Waals surface area contributed by atoms with Gasteiger partial charge in [-0.25, -0.2) is 0 Å². The quantitative estimate of drug-likeness (QED) is 0.368. The first-order valence-electron chi connectivity index (χ1n) is 8.22. The van der Waals surface area contributed by atoms with Crippen molar-refractivity contribution in [1.82, 2.24) is 0 Å². The molecule has 0 spiro atoms. The summed E-state index contributed by atoms with van der Waals surface area (Å²) in [5, 5.41) is 2.04. The zero-order valence-corrected chi connectivity index (χ0v) is 17.2. The van der Waals surface area contributed by atoms with E-state index >= 15 is 0 Å². The number of hydrogen-bond acceptors (Lipinski definition) is 1. The van der Waals surface area contributed by atoms with E-state index in [2.05, 4.69) is 0 Å². The summed E-state index contributed by atoms with van der Waals surface area (Å²) in [6, 6.07) is 22.7. The molecule has 0 heterocycles. The van der Waals surface area contributed by atoms with Crippen molar-refractivity contribution in [2.24, 2.45) is 0 Å². The third-order valence-corrected chi connectivity index (χ3v) is 7.73. The lowest BCUT2D eigenvalue weighted by Crippen LogP contribution is -1.98. The van der Waals surface area contributed by atoms with Crippen LogP contribution in [0.5, 0.6) is 0 Å². The van der Waals surface area contributed by atoms with Crippen LogP contribution in [-0.4, -0.2) is 0 Å². The fourth-order valence-electron chi connectivity index (χ4n) is 2.94. The van der Waals surface area contributed by atoms with Gasteiger partial charge in [0.05, 0.1) is 0 Å². The Balaban J connectivity index is 1.88. The van der Waals surface area contributed by atoms with Crippen LogP contribution in [0.1, 0.15) is 16.7 Å². The molecule has 0 aliphatic heterocycles. The van der Waals surface area contributed by atoms with E-state index in [4.69, 9.17) is 34.8 Å². The van der Waals surface area contributed by atoms with Gasteiger partial charge >= 0.3 is 0 Å². The summed E-state index contributed by atoms with van der Waals surface area (Å²) in [6.45, 7) is 0. The molecule has 5 heteroatoms. The zero-order valence-electron chi connectivity index (χ0n) is 14.0. The normalized spacial score (nSPS) is 11.5. The lowest BCUT2D eigenvalue weighted by atomic mass is 10.2. The topological polar surface area (TPSA) is 17.1 Å². The Morgan fingerprint density at radius 2 is 0.731 bits per heavy atom. The van der Waals surface area contributed by atoms with Gasteiger partial charge < -0.3 is 4.57 Å². The van der Waals surface area contributed by atoms with Crippen LogP contribution in [0.4, 0.5) is 0 Å². The third kappa shape index (κ3) is 5.63. The van der Waals surface area contributed by atoms with E-state index in [-0.39, 0.29) is 0 Å². The second-order valence-corrected chi connectivity index (χ2v) is 10.8. The first kappa shape index (κ1) is 19.5. The highest BCUT2D eigenvalue weighted by atomic mass is 35.5. The molecule has 0 aromatic heterocycles. The molecule has 0 unspecified atom stereocenters. The molecular weight excluding hydrogens is 406 g/mol. The van der Waals surface area contributed by atoms with Crippen molar-refractivity contribution < 1.29 is 4.57 Å². The summed E-state index contributed by atoms with van der Waals surface area (Å²) < 4.78 is 13.9. The van der Waals surface area contributed by atoms with Crippen LogP contribution >= 0.6 is 41.9 Å². The van der Waals surface area contributed by atoms with E-state index in [0.29, 0.717) is 33.6 Å². The van der Waals surface area contributed by atoms with E-state index in [1.165, 1.54) is 0 Å². The van der Waals surface area contributed by atoms with Gasteiger partial charge in [0.1, 0.15) is 7.14 Å². The van der Waals surface area contributed by atoms with Crippen molar-refractivity contribution in [1.29, 1.82) is 0 Å². The minimum atomic E-state index is -2.56. The summed E-state index contributed by atoms with van der Waals surface area (Å²) in [4.78, 5) is 0. The molecule has 0 atom stereocenters. The largest absolute Gasteiger partial charge is 0.323 e. The molecule has 0 aliphatic carbocycles. The molecule has 0 saturated carbocycles. The Morgan fingerprint density at radius 3 is 0.962 bits per heavy atom. The van der Waals surface area contributed by atoms with E-state index < -0.39 is 7.14 Å². The maximum atomic E-state index is 13.9. The number of benzene rings is 3. The van der Waals surface area contributed by atoms with Gasteiger partial charge in [0.25, 0.3) is 0 Å². The second-order valence-electron chi connectivity index (χ2n) is 6.41. The Bertz CT molecular complexity index is 781. The fourth-order valence-corrected chi connectivity index (χ4v) is 6.28. The highest BCUT2D eigenvalue weighted by Gasteiger charge is 2.24. The Kier molecular flexibility index (Phi) is 6.48. The highest BCUT2D eigenvalue weighted by Crippen LogP contribution is 2.55. The van der Waals surface area contributed by atoms with Gasteiger partial charge in [0, 0.05) is 33.6 Å². The van der Waals surface area contributed by atoms with Crippen LogP contribution < -0.4 is 0 Å². The minimum absolute atomic E-state index is 0.523. The minimum Gasteiger partial charge on any atom is -0.323 e. The van der Waals surface area contributed by atoms with E-state index in [9.17, 15) is 4.57 Å². The van der Waals surface area contributed by atoms with Gasteiger partial charge in [-0.05, 0) is 53.1 Å². The van der Waals surface area contributed by atoms with Crippen molar-refractivity contribution in [3.05, 3.63) is 105 Å². The molecule has 0 fully saturated rings. The molecule has 0 aliphatic rings. The first-order valence-corrected chi connectivity index (χ1v) is 11.6. The average molecular weight is 424 g/mol. The molecule has 1 nitrogen and oxygen atoms in total. The summed E-state index contributed by atoms with van der Waals surface area (Å²) >= 11 is 17.9. The summed E-state index contributed by atoms with van der Waals surface area (Å²) in [5.41, 5.74) is 3.09. The first-order chi connectivity index (χ1) is 12.4. The molecular formula is C21H18Cl3OP. The second kappa shape index (κ2) is 8.63. The van der Waals surface area contributed by atoms with Crippen LogP contribution in [0, 0.1) is 0 Å². The number of hydrogen-bond donors (Lipinski definition) is 0. The zero-order chi connectivity index (χ0) is 18.6. The Morgan fingerprint density at radius 1 is 0.500 bits per heavy atom. The maximum absolute atomic E-state index is 13.9. The van der Waals surface area contributed by atoms with Gasteiger partial charge in [-0.3, -0.25) is 0 Å². The molecule has 3 aromatic rings. The predicted octanol–water partition coefficient (Wildman–Crippen LogP) is 7.91. The molecule has 3 aromatic carbocycles. The molecule has 0 saturated heterocycles. The van der Waals surface area contributed by atoms with Crippen molar-refractivity contribution in [2.45, 2.75) is 18.5 Å². The van der Waals surface area contributed by atoms with Gasteiger partial charge in [-0.1, -0.05) is 71.2 Å². The van der Waals surface area contributed by atoms with Crippen molar-refractivity contribution in [3.63, 3.8) is 0 Å². The van der Waals surface area contributed by atoms with Crippen molar-refractivity contribution >= 4 is 41.9 Å². The van der Waals surface area contributed by atoms with Crippen LogP contribution in [-0.2, 0) is 23.1 Å². The van der Waals surface area contributed by atoms with Crippen LogP contribution in [0.25, 0.3) is 0 Å². The lowest BCUT2D eigenvalue weighted by Gasteiger charge is -2.19. The van der Waals surface area contributed by atoms with Crippen LogP contribution in [0.3, 0.4) is 0 Å². The summed E-state index contributed by atoms with van der Waals surface area (Å²) in [5.74, 6) is 0. The molecule has 3 rings (SSSR count). The summed E-state index contributed by atoms with van der Waals surface area (Å²) in [6.07, 6.45) is 1.57. The molecule has 134 valence electrons. The monoisotopic (exact) mass is 422 g/mol. The number of halogens is 3. The molecule has 26 heavy (non-hydrogen) atoms. The maximum Gasteiger partial charge on any atom is 0.100 e. The standard InChI is InChI=1S/C21H18Cl3OP/c22-19-7-1-16(2-8-19)13-26(25,14-17-3-9-20(23)10-4-17)15-18-5-11-21(24)12-6-18/h1-12H,13-15H2. The van der Waals surface area contributed by atoms with E-state index in [0.717, 1.165) is 16.7 Å². The SMILES string of the molecule is O=P(Cc1ccc(Cl)cc1)(Cc1ccc(Cl)cc1)Cc1ccc(Cl)cc1. The van der Waals surface area contributed by atoms with Crippen molar-refractivity contribution in [2.75, 3.05) is 0 Å². The van der Waals surface area contributed by atoms with Crippen LogP contribution in [0.2, 0.25) is 15.1 Å². The smallest absolute Gasteiger partial charge is 0.100 e. The molecule has 0 bridgehead atoms. The molecule has 0 N–H and O–H groups in total. The van der Waals surface area contributed by atoms with Gasteiger partial charge in [-0.2, -0.15) is 0 Å². The fraction of sp³-hybridized carbons (Fsp3) is 0.143. The Labute approximate surface area is 169 Å². The van der Waals surface area contributed by atoms with Crippen molar-refractivity contribution in [3.8, 4) is 0 Å². The van der Waals surface area contributed by atoms with Gasteiger partial charge in [0.2, 0.25) is 0 Å². The van der Waals surface area contributed by atoms with E-state index in [1.54, 1.807) is 0 Å². The molecule has 0 radical (unpaired) electrons. The van der Waals surface area contributed by atoms with E-state index in [1.807, 2.05) is 72.8 Å². The molecule has 0 amide bonds. The highest BCUT2D eigenvalue weighted by molar-refractivity contribution is 7.61. The third-order valence-electron chi connectivity index (χ3n) is 4.15. The van der Waals surface area contributed by atoms with Crippen LogP contribution in [0.15, 0.2) is 72.8 Å².